The van der Waals surface area contributed by atoms with E-state index in [9.17, 15) is 18.0 Å². The average Bonchev–Trinajstić information content (AvgIpc) is 3.55. The number of hydrogen-bond acceptors (Lipinski definition) is 6. The summed E-state index contributed by atoms with van der Waals surface area (Å²) in [6.07, 6.45) is -2.66. The highest BCUT2D eigenvalue weighted by molar-refractivity contribution is 5.85. The van der Waals surface area contributed by atoms with Gasteiger partial charge in [-0.2, -0.15) is 0 Å². The van der Waals surface area contributed by atoms with E-state index in [2.05, 4.69) is 14.9 Å². The fraction of sp³-hybridized carbons (Fsp3) is 0.216. The van der Waals surface area contributed by atoms with Crippen LogP contribution in [0.1, 0.15) is 47.3 Å². The number of rotatable bonds is 10. The number of ether oxygens (including phenoxy) is 3. The molecule has 0 spiro atoms. The Hall–Kier alpha value is -5.45. The van der Waals surface area contributed by atoms with E-state index in [0.29, 0.717) is 5.82 Å². The summed E-state index contributed by atoms with van der Waals surface area (Å²) in [7, 11) is 1.32. The highest BCUT2D eigenvalue weighted by Gasteiger charge is 2.41. The smallest absolute Gasteiger partial charge is 0.493 e. The van der Waals surface area contributed by atoms with Crippen LogP contribution in [-0.4, -0.2) is 34.0 Å². The van der Waals surface area contributed by atoms with Crippen molar-refractivity contribution in [3.05, 3.63) is 155 Å². The van der Waals surface area contributed by atoms with Gasteiger partial charge in [-0.1, -0.05) is 97.9 Å². The summed E-state index contributed by atoms with van der Waals surface area (Å²) in [5.74, 6) is -3.28. The summed E-state index contributed by atoms with van der Waals surface area (Å²) in [5.41, 5.74) is 2.07. The number of benzene rings is 4. The fourth-order valence-corrected chi connectivity index (χ4v) is 6.34. The van der Waals surface area contributed by atoms with Crippen LogP contribution in [0.2, 0.25) is 0 Å². The third-order valence-electron chi connectivity index (χ3n) is 8.54. The lowest BCUT2D eigenvalue weighted by Crippen LogP contribution is -2.38. The summed E-state index contributed by atoms with van der Waals surface area (Å²) in [6.45, 7) is 1.36. The van der Waals surface area contributed by atoms with Crippen molar-refractivity contribution in [2.24, 2.45) is 5.92 Å². The summed E-state index contributed by atoms with van der Waals surface area (Å²) < 4.78 is 72.1. The van der Waals surface area contributed by atoms with Gasteiger partial charge >= 0.3 is 6.36 Å². The van der Waals surface area contributed by atoms with E-state index in [1.165, 1.54) is 19.3 Å². The number of aromatic nitrogens is 3. The van der Waals surface area contributed by atoms with Crippen molar-refractivity contribution in [3.63, 3.8) is 0 Å². The Balaban J connectivity index is 1.39. The van der Waals surface area contributed by atoms with E-state index in [0.717, 1.165) is 22.8 Å². The molecule has 11 heteroatoms. The fourth-order valence-electron chi connectivity index (χ4n) is 6.34. The normalized spacial score (nSPS) is 16.7. The Morgan fingerprint density at radius 1 is 0.875 bits per heavy atom. The van der Waals surface area contributed by atoms with Crippen molar-refractivity contribution >= 4 is 5.78 Å². The molecule has 1 aromatic heterocycles. The highest BCUT2D eigenvalue weighted by Crippen LogP contribution is 2.43. The van der Waals surface area contributed by atoms with Gasteiger partial charge in [0.15, 0.2) is 23.1 Å². The molecular weight excluding hydrogens is 626 g/mol. The number of methoxy groups -OCH3 is 1. The molecule has 2 unspecified atom stereocenters. The predicted molar refractivity (Wildman–Crippen MR) is 169 cm³/mol. The van der Waals surface area contributed by atoms with Gasteiger partial charge in [0.1, 0.15) is 30.0 Å². The third-order valence-corrected chi connectivity index (χ3v) is 8.54. The lowest BCUT2D eigenvalue weighted by atomic mass is 9.76. The standard InChI is InChI=1S/C37H31F4N3O4/c1-24-30(20-29(21-32(24)45)48-37(39,40)41)25-18-31(38)35(33(19-25)46-2)47-22-34-43-42-23-44(34)36(26-12-6-3-7-13-26,27-14-8-4-9-15-27)28-16-10-5-11-17-28/h3-20,23-24,30H,21-22H2,1-2H3. The van der Waals surface area contributed by atoms with Crippen LogP contribution >= 0.6 is 0 Å². The number of hydrogen-bond donors (Lipinski definition) is 0. The van der Waals surface area contributed by atoms with Crippen molar-refractivity contribution in [2.45, 2.75) is 37.8 Å². The average molecular weight is 658 g/mol. The number of carbonyl (C=O) groups excluding carboxylic acids is 1. The summed E-state index contributed by atoms with van der Waals surface area (Å²) in [5, 5.41) is 8.62. The monoisotopic (exact) mass is 657 g/mol. The predicted octanol–water partition coefficient (Wildman–Crippen LogP) is 7.96. The van der Waals surface area contributed by atoms with Crippen molar-refractivity contribution in [1.82, 2.24) is 14.8 Å². The van der Waals surface area contributed by atoms with Crippen molar-refractivity contribution < 1.29 is 36.6 Å². The SMILES string of the molecule is COc1cc(C2C=C(OC(F)(F)F)CC(=O)C2C)cc(F)c1OCc1nncn1C(c1ccccc1)(c1ccccc1)c1ccccc1. The van der Waals surface area contributed by atoms with Crippen LogP contribution in [-0.2, 0) is 21.7 Å². The Morgan fingerprint density at radius 2 is 1.44 bits per heavy atom. The Bertz CT molecular complexity index is 1820. The molecule has 0 radical (unpaired) electrons. The van der Waals surface area contributed by atoms with E-state index in [1.54, 1.807) is 13.3 Å². The first-order valence-electron chi connectivity index (χ1n) is 15.2. The molecule has 0 aliphatic heterocycles. The molecule has 6 rings (SSSR count). The van der Waals surface area contributed by atoms with Gasteiger partial charge in [0.05, 0.1) is 13.5 Å². The second-order valence-corrected chi connectivity index (χ2v) is 11.4. The molecule has 0 amide bonds. The van der Waals surface area contributed by atoms with Gasteiger partial charge in [0, 0.05) is 11.8 Å². The maximum atomic E-state index is 15.8. The van der Waals surface area contributed by atoms with Crippen LogP contribution in [0.15, 0.2) is 121 Å². The number of halogens is 4. The van der Waals surface area contributed by atoms with Crippen LogP contribution in [0.4, 0.5) is 17.6 Å². The van der Waals surface area contributed by atoms with E-state index >= 15 is 4.39 Å². The van der Waals surface area contributed by atoms with Gasteiger partial charge in [-0.15, -0.1) is 23.4 Å². The summed E-state index contributed by atoms with van der Waals surface area (Å²) in [6, 6.07) is 32.2. The zero-order valence-corrected chi connectivity index (χ0v) is 26.0. The molecule has 48 heavy (non-hydrogen) atoms. The molecular formula is C37H31F4N3O4. The molecule has 1 aliphatic rings. The number of alkyl halides is 3. The summed E-state index contributed by atoms with van der Waals surface area (Å²) in [4.78, 5) is 12.6. The molecule has 0 fully saturated rings. The van der Waals surface area contributed by atoms with Crippen LogP contribution < -0.4 is 9.47 Å². The Morgan fingerprint density at radius 3 is 1.96 bits per heavy atom. The van der Waals surface area contributed by atoms with Crippen LogP contribution in [0, 0.1) is 11.7 Å². The van der Waals surface area contributed by atoms with Crippen molar-refractivity contribution in [1.29, 1.82) is 0 Å². The number of nitrogens with zero attached hydrogens (tertiary/aromatic N) is 3. The number of ketones is 1. The maximum Gasteiger partial charge on any atom is 0.572 e. The van der Waals surface area contributed by atoms with Crippen molar-refractivity contribution in [2.75, 3.05) is 7.11 Å². The van der Waals surface area contributed by atoms with Gasteiger partial charge in [0.25, 0.3) is 0 Å². The van der Waals surface area contributed by atoms with Crippen LogP contribution in [0.5, 0.6) is 11.5 Å². The molecule has 0 N–H and O–H groups in total. The molecule has 246 valence electrons. The van der Waals surface area contributed by atoms with Crippen LogP contribution in [0.3, 0.4) is 0 Å². The molecule has 2 atom stereocenters. The zero-order valence-electron chi connectivity index (χ0n) is 26.0. The summed E-state index contributed by atoms with van der Waals surface area (Å²) >= 11 is 0. The molecule has 1 aliphatic carbocycles. The van der Waals surface area contributed by atoms with Gasteiger partial charge in [-0.3, -0.25) is 9.36 Å². The first kappa shape index (κ1) is 32.5. The minimum atomic E-state index is -4.96. The van der Waals surface area contributed by atoms with Crippen molar-refractivity contribution in [3.8, 4) is 11.5 Å². The van der Waals surface area contributed by atoms with Gasteiger partial charge < -0.3 is 14.2 Å². The lowest BCUT2D eigenvalue weighted by Gasteiger charge is -2.38. The first-order valence-corrected chi connectivity index (χ1v) is 15.2. The Labute approximate surface area is 274 Å². The highest BCUT2D eigenvalue weighted by atomic mass is 19.4. The second kappa shape index (κ2) is 13.3. The lowest BCUT2D eigenvalue weighted by molar-refractivity contribution is -0.306. The maximum absolute atomic E-state index is 15.8. The van der Waals surface area contributed by atoms with Gasteiger partial charge in [-0.25, -0.2) is 4.39 Å². The van der Waals surface area contributed by atoms with E-state index < -0.39 is 47.5 Å². The van der Waals surface area contributed by atoms with E-state index in [1.807, 2.05) is 95.6 Å². The molecule has 0 saturated heterocycles. The van der Waals surface area contributed by atoms with Gasteiger partial charge in [-0.05, 0) is 40.5 Å². The first-order chi connectivity index (χ1) is 23.1. The van der Waals surface area contributed by atoms with Gasteiger partial charge in [0.2, 0.25) is 0 Å². The minimum Gasteiger partial charge on any atom is -0.493 e. The quantitative estimate of drug-likeness (QED) is 0.112. The minimum absolute atomic E-state index is 0.00609. The topological polar surface area (TPSA) is 75.5 Å². The molecule has 1 heterocycles. The van der Waals surface area contributed by atoms with E-state index in [4.69, 9.17) is 9.47 Å². The Kier molecular flexibility index (Phi) is 9.03. The molecule has 0 saturated carbocycles. The molecule has 4 aromatic carbocycles. The second-order valence-electron chi connectivity index (χ2n) is 11.4. The largest absolute Gasteiger partial charge is 0.572 e. The number of allylic oxidation sites excluding steroid dienone is 2. The molecule has 0 bridgehead atoms. The number of carbonyl (C=O) groups is 1. The number of Topliss-reactive ketones (excluding diaryl/α,β-unsaturated/α-hetero) is 1. The van der Waals surface area contributed by atoms with E-state index in [-0.39, 0.29) is 23.7 Å². The zero-order chi connectivity index (χ0) is 33.9. The molecule has 7 nitrogen and oxygen atoms in total. The van der Waals surface area contributed by atoms with Crippen LogP contribution in [0.25, 0.3) is 0 Å². The molecule has 5 aromatic rings. The third kappa shape index (κ3) is 6.27.